The molecule has 5 rings (SSSR count). The van der Waals surface area contributed by atoms with Gasteiger partial charge in [0.1, 0.15) is 23.4 Å². The minimum absolute atomic E-state index is 0.0286. The van der Waals surface area contributed by atoms with E-state index in [4.69, 9.17) is 9.47 Å². The zero-order valence-electron chi connectivity index (χ0n) is 24.2. The number of fused-ring (bicyclic) bond motifs is 1. The second-order valence-corrected chi connectivity index (χ2v) is 14.8. The van der Waals surface area contributed by atoms with Gasteiger partial charge in [-0.1, -0.05) is 18.2 Å². The third-order valence-electron chi connectivity index (χ3n) is 8.23. The van der Waals surface area contributed by atoms with Crippen LogP contribution in [0.15, 0.2) is 69.3 Å². The highest BCUT2D eigenvalue weighted by molar-refractivity contribution is 7.89. The lowest BCUT2D eigenvalue weighted by atomic mass is 9.88. The van der Waals surface area contributed by atoms with Crippen LogP contribution in [-0.2, 0) is 31.3 Å². The molecular weight excluding hydrogens is 596 g/mol. The summed E-state index contributed by atoms with van der Waals surface area (Å²) in [4.78, 5) is 13.1. The summed E-state index contributed by atoms with van der Waals surface area (Å²) in [6, 6.07) is 13.0. The maximum atomic E-state index is 13.6. The van der Waals surface area contributed by atoms with E-state index in [1.807, 2.05) is 19.1 Å². The summed E-state index contributed by atoms with van der Waals surface area (Å²) in [6.45, 7) is 3.56. The quantitative estimate of drug-likeness (QED) is 0.283. The van der Waals surface area contributed by atoms with Crippen molar-refractivity contribution in [2.45, 2.75) is 60.3 Å². The second-order valence-electron chi connectivity index (χ2n) is 11.0. The van der Waals surface area contributed by atoms with Crippen LogP contribution in [0, 0.1) is 0 Å². The zero-order chi connectivity index (χ0) is 30.8. The van der Waals surface area contributed by atoms with Crippen LogP contribution >= 0.6 is 0 Å². The molecule has 2 aliphatic rings. The van der Waals surface area contributed by atoms with Crippen LogP contribution in [0.4, 0.5) is 0 Å². The number of aromatic nitrogens is 1. The molecule has 3 N–H and O–H groups in total. The Morgan fingerprint density at radius 3 is 2.58 bits per heavy atom. The lowest BCUT2D eigenvalue weighted by molar-refractivity contribution is -0.0312. The van der Waals surface area contributed by atoms with Crippen LogP contribution in [0.1, 0.15) is 26.2 Å². The molecule has 0 radical (unpaired) electrons. The SMILES string of the molecule is CCn1cc(S(=O)(=O)N2CCC3(CC2)C[C@@H](NCC(O)COc2cccc(S(=O)(=O)NC)c2)CO3)c(=O)c2ccccc21. The Balaban J connectivity index is 1.14. The Labute approximate surface area is 251 Å². The van der Waals surface area contributed by atoms with Crippen LogP contribution in [0.3, 0.4) is 0 Å². The summed E-state index contributed by atoms with van der Waals surface area (Å²) < 4.78 is 68.4. The summed E-state index contributed by atoms with van der Waals surface area (Å²) in [5.74, 6) is 0.331. The van der Waals surface area contributed by atoms with Crippen molar-refractivity contribution in [3.8, 4) is 5.75 Å². The largest absolute Gasteiger partial charge is 0.491 e. The molecule has 43 heavy (non-hydrogen) atoms. The summed E-state index contributed by atoms with van der Waals surface area (Å²) in [5.41, 5.74) is -0.257. The van der Waals surface area contributed by atoms with Gasteiger partial charge in [-0.05, 0) is 57.5 Å². The van der Waals surface area contributed by atoms with E-state index >= 15 is 0 Å². The summed E-state index contributed by atoms with van der Waals surface area (Å²) in [6.07, 6.45) is 2.26. The molecule has 2 atom stereocenters. The van der Waals surface area contributed by atoms with Crippen molar-refractivity contribution in [2.24, 2.45) is 0 Å². The third kappa shape index (κ3) is 6.65. The van der Waals surface area contributed by atoms with Crippen molar-refractivity contribution in [1.82, 2.24) is 18.9 Å². The maximum absolute atomic E-state index is 13.6. The smallest absolute Gasteiger partial charge is 0.248 e. The van der Waals surface area contributed by atoms with Gasteiger partial charge in [-0.15, -0.1) is 0 Å². The first-order valence-corrected chi connectivity index (χ1v) is 17.2. The van der Waals surface area contributed by atoms with Gasteiger partial charge in [0.05, 0.1) is 22.6 Å². The number of nitrogens with one attached hydrogen (secondary N) is 2. The Morgan fingerprint density at radius 2 is 1.86 bits per heavy atom. The number of aryl methyl sites for hydroxylation is 1. The van der Waals surface area contributed by atoms with Crippen LogP contribution < -0.4 is 20.2 Å². The lowest BCUT2D eigenvalue weighted by Crippen LogP contribution is -2.47. The fourth-order valence-corrected chi connectivity index (χ4v) is 8.07. The van der Waals surface area contributed by atoms with Crippen LogP contribution in [0.25, 0.3) is 10.9 Å². The van der Waals surface area contributed by atoms with Gasteiger partial charge in [-0.2, -0.15) is 4.31 Å². The first-order valence-electron chi connectivity index (χ1n) is 14.3. The Bertz CT molecular complexity index is 1730. The number of benzene rings is 2. The Hall–Kier alpha value is -2.85. The Kier molecular flexibility index (Phi) is 9.28. The number of hydrogen-bond acceptors (Lipinski definition) is 9. The van der Waals surface area contributed by atoms with Gasteiger partial charge in [0.25, 0.3) is 0 Å². The standard InChI is InChI=1S/C29H38N4O8S2/c1-3-32-18-27(28(35)25-9-4-5-10-26(25)32)43(38,39)33-13-11-29(12-14-33)16-21(19-41-29)31-17-22(34)20-40-23-7-6-8-24(15-23)42(36,37)30-2/h4-10,15,18,21-22,30-31,34H,3,11-14,16-17,19-20H2,1-2H3/t21-,22?/m1/s1. The van der Waals surface area contributed by atoms with Gasteiger partial charge in [-0.3, -0.25) is 4.79 Å². The molecule has 14 heteroatoms. The maximum Gasteiger partial charge on any atom is 0.248 e. The van der Waals surface area contributed by atoms with Gasteiger partial charge in [0, 0.05) is 49.9 Å². The van der Waals surface area contributed by atoms with Crippen molar-refractivity contribution in [3.05, 3.63) is 65.0 Å². The van der Waals surface area contributed by atoms with E-state index in [2.05, 4.69) is 10.0 Å². The van der Waals surface area contributed by atoms with E-state index in [0.29, 0.717) is 49.1 Å². The third-order valence-corrected chi connectivity index (χ3v) is 11.5. The van der Waals surface area contributed by atoms with Gasteiger partial charge < -0.3 is 24.5 Å². The number of aliphatic hydroxyl groups excluding tert-OH is 1. The van der Waals surface area contributed by atoms with E-state index in [0.717, 1.165) is 0 Å². The van der Waals surface area contributed by atoms with Crippen LogP contribution in [-0.4, -0.2) is 88.5 Å². The molecule has 2 saturated heterocycles. The molecule has 1 unspecified atom stereocenters. The minimum atomic E-state index is -3.99. The molecule has 0 amide bonds. The fraction of sp³-hybridized carbons (Fsp3) is 0.483. The topological polar surface area (TPSA) is 156 Å². The van der Waals surface area contributed by atoms with E-state index in [9.17, 15) is 26.7 Å². The molecule has 1 spiro atoms. The van der Waals surface area contributed by atoms with Gasteiger partial charge in [0.2, 0.25) is 25.5 Å². The fourth-order valence-electron chi connectivity index (χ4n) is 5.76. The molecule has 0 bridgehead atoms. The minimum Gasteiger partial charge on any atom is -0.491 e. The molecule has 0 saturated carbocycles. The van der Waals surface area contributed by atoms with E-state index in [1.165, 1.54) is 29.7 Å². The monoisotopic (exact) mass is 634 g/mol. The average molecular weight is 635 g/mol. The number of pyridine rings is 1. The van der Waals surface area contributed by atoms with Gasteiger partial charge in [0.15, 0.2) is 0 Å². The van der Waals surface area contributed by atoms with E-state index < -0.39 is 37.2 Å². The zero-order valence-corrected chi connectivity index (χ0v) is 25.9. The van der Waals surface area contributed by atoms with E-state index in [1.54, 1.807) is 28.8 Å². The van der Waals surface area contributed by atoms with Crippen molar-refractivity contribution >= 4 is 30.9 Å². The molecule has 0 aliphatic carbocycles. The van der Waals surface area contributed by atoms with Crippen molar-refractivity contribution in [2.75, 3.05) is 39.9 Å². The van der Waals surface area contributed by atoms with E-state index in [-0.39, 0.29) is 42.1 Å². The molecule has 3 heterocycles. The highest BCUT2D eigenvalue weighted by Gasteiger charge is 2.45. The highest BCUT2D eigenvalue weighted by atomic mass is 32.2. The summed E-state index contributed by atoms with van der Waals surface area (Å²) in [7, 11) is -6.27. The lowest BCUT2D eigenvalue weighted by Gasteiger charge is -2.38. The molecule has 2 aromatic carbocycles. The van der Waals surface area contributed by atoms with Crippen molar-refractivity contribution in [3.63, 3.8) is 0 Å². The first kappa shape index (κ1) is 31.6. The Morgan fingerprint density at radius 1 is 1.12 bits per heavy atom. The number of nitrogens with zero attached hydrogens (tertiary/aromatic N) is 2. The van der Waals surface area contributed by atoms with Gasteiger partial charge in [-0.25, -0.2) is 21.6 Å². The molecule has 12 nitrogen and oxygen atoms in total. The van der Waals surface area contributed by atoms with Crippen molar-refractivity contribution < 1.29 is 31.4 Å². The number of rotatable bonds is 11. The summed E-state index contributed by atoms with van der Waals surface area (Å²) in [5, 5.41) is 14.1. The first-order chi connectivity index (χ1) is 20.5. The highest BCUT2D eigenvalue weighted by Crippen LogP contribution is 2.37. The van der Waals surface area contributed by atoms with Crippen molar-refractivity contribution in [1.29, 1.82) is 0 Å². The average Bonchev–Trinajstić information content (AvgIpc) is 3.41. The van der Waals surface area contributed by atoms with Gasteiger partial charge >= 0.3 is 0 Å². The van der Waals surface area contributed by atoms with Crippen LogP contribution in [0.5, 0.6) is 5.75 Å². The number of para-hydroxylation sites is 1. The number of aliphatic hydroxyl groups is 1. The van der Waals surface area contributed by atoms with Crippen LogP contribution in [0.2, 0.25) is 0 Å². The summed E-state index contributed by atoms with van der Waals surface area (Å²) >= 11 is 0. The predicted octanol–water partition coefficient (Wildman–Crippen LogP) is 1.27. The predicted molar refractivity (Wildman–Crippen MR) is 161 cm³/mol. The molecule has 2 fully saturated rings. The second kappa shape index (κ2) is 12.6. The molecule has 3 aromatic rings. The molecule has 234 valence electrons. The number of hydrogen-bond donors (Lipinski definition) is 3. The molecule has 2 aliphatic heterocycles. The normalized spacial score (nSPS) is 20.0. The number of piperidine rings is 1. The molecule has 1 aromatic heterocycles. The molecular formula is C29H38N4O8S2. The number of ether oxygens (including phenoxy) is 2. The number of sulfonamides is 2.